The quantitative estimate of drug-likeness (QED) is 0.798. The largest absolute Gasteiger partial charge is 0.494 e. The van der Waals surface area contributed by atoms with Gasteiger partial charge >= 0.3 is 0 Å². The summed E-state index contributed by atoms with van der Waals surface area (Å²) < 4.78 is 32.3. The van der Waals surface area contributed by atoms with Crippen molar-refractivity contribution in [1.29, 1.82) is 0 Å². The minimum Gasteiger partial charge on any atom is -0.494 e. The number of hydrogen-bond donors (Lipinski definition) is 0. The van der Waals surface area contributed by atoms with Crippen molar-refractivity contribution in [2.75, 3.05) is 32.8 Å². The third-order valence-corrected chi connectivity index (χ3v) is 6.80. The predicted octanol–water partition coefficient (Wildman–Crippen LogP) is 2.29. The number of nitrogens with zero attached hydrogens (tertiary/aromatic N) is 2. The maximum absolute atomic E-state index is 12.7. The average Bonchev–Trinajstić information content (AvgIpc) is 3.17. The topological polar surface area (TPSA) is 66.9 Å². The van der Waals surface area contributed by atoms with Crippen molar-refractivity contribution in [3.63, 3.8) is 0 Å². The van der Waals surface area contributed by atoms with Crippen LogP contribution in [-0.4, -0.2) is 56.3 Å². The summed E-state index contributed by atoms with van der Waals surface area (Å²) >= 11 is 1.40. The molecule has 25 heavy (non-hydrogen) atoms. The molecule has 1 saturated heterocycles. The van der Waals surface area contributed by atoms with E-state index < -0.39 is 10.0 Å². The van der Waals surface area contributed by atoms with Crippen molar-refractivity contribution in [2.24, 2.45) is 0 Å². The van der Waals surface area contributed by atoms with Crippen LogP contribution in [0.2, 0.25) is 0 Å². The summed E-state index contributed by atoms with van der Waals surface area (Å²) in [7, 11) is -3.55. The van der Waals surface area contributed by atoms with Gasteiger partial charge in [-0.2, -0.15) is 4.31 Å². The zero-order chi connectivity index (χ0) is 17.9. The van der Waals surface area contributed by atoms with E-state index in [-0.39, 0.29) is 10.8 Å². The fourth-order valence-corrected chi connectivity index (χ4v) is 4.82. The van der Waals surface area contributed by atoms with E-state index in [1.165, 1.54) is 15.6 Å². The number of hydrogen-bond acceptors (Lipinski definition) is 5. The van der Waals surface area contributed by atoms with Crippen molar-refractivity contribution in [3.8, 4) is 5.75 Å². The lowest BCUT2D eigenvalue weighted by atomic mass is 10.3. The Kier molecular flexibility index (Phi) is 5.41. The molecule has 2 aromatic rings. The molecule has 2 heterocycles. The molecule has 0 N–H and O–H groups in total. The Bertz CT molecular complexity index is 809. The molecule has 0 aliphatic carbocycles. The van der Waals surface area contributed by atoms with Gasteiger partial charge in [0.25, 0.3) is 5.91 Å². The molecule has 1 aliphatic heterocycles. The van der Waals surface area contributed by atoms with E-state index in [4.69, 9.17) is 4.74 Å². The van der Waals surface area contributed by atoms with Gasteiger partial charge in [-0.3, -0.25) is 4.79 Å². The van der Waals surface area contributed by atoms with Crippen molar-refractivity contribution < 1.29 is 17.9 Å². The van der Waals surface area contributed by atoms with Crippen LogP contribution in [0.4, 0.5) is 0 Å². The summed E-state index contributed by atoms with van der Waals surface area (Å²) in [6, 6.07) is 10.1. The predicted molar refractivity (Wildman–Crippen MR) is 96.6 cm³/mol. The van der Waals surface area contributed by atoms with Crippen LogP contribution in [0, 0.1) is 0 Å². The summed E-state index contributed by atoms with van der Waals surface area (Å²) in [5.41, 5.74) is 0. The molecule has 1 fully saturated rings. The lowest BCUT2D eigenvalue weighted by Gasteiger charge is -2.33. The molecule has 1 aromatic carbocycles. The molecule has 6 nitrogen and oxygen atoms in total. The second-order valence-corrected chi connectivity index (χ2v) is 8.46. The fourth-order valence-electron chi connectivity index (χ4n) is 2.71. The number of ether oxygens (including phenoxy) is 1. The highest BCUT2D eigenvalue weighted by Gasteiger charge is 2.30. The highest BCUT2D eigenvalue weighted by molar-refractivity contribution is 7.89. The van der Waals surface area contributed by atoms with Crippen LogP contribution in [0.5, 0.6) is 5.75 Å². The lowest BCUT2D eigenvalue weighted by Crippen LogP contribution is -2.50. The second-order valence-electron chi connectivity index (χ2n) is 5.58. The van der Waals surface area contributed by atoms with E-state index in [2.05, 4.69) is 0 Å². The van der Waals surface area contributed by atoms with Gasteiger partial charge in [-0.15, -0.1) is 11.3 Å². The molecule has 8 heteroatoms. The van der Waals surface area contributed by atoms with Crippen molar-refractivity contribution in [1.82, 2.24) is 9.21 Å². The molecular weight excluding hydrogens is 360 g/mol. The molecule has 0 radical (unpaired) electrons. The smallest absolute Gasteiger partial charge is 0.264 e. The van der Waals surface area contributed by atoms with Crippen LogP contribution >= 0.6 is 11.3 Å². The van der Waals surface area contributed by atoms with Crippen LogP contribution in [0.3, 0.4) is 0 Å². The Balaban J connectivity index is 1.66. The number of amides is 1. The number of piperazine rings is 1. The number of sulfonamides is 1. The SMILES string of the molecule is CCOc1ccc(S(=O)(=O)N2CCN(C(=O)c3cccs3)CC2)cc1. The maximum atomic E-state index is 12.7. The highest BCUT2D eigenvalue weighted by atomic mass is 32.2. The molecule has 0 spiro atoms. The number of benzene rings is 1. The van der Waals surface area contributed by atoms with Gasteiger partial charge in [0.05, 0.1) is 16.4 Å². The van der Waals surface area contributed by atoms with Crippen molar-refractivity contribution in [2.45, 2.75) is 11.8 Å². The lowest BCUT2D eigenvalue weighted by molar-refractivity contribution is 0.0703. The van der Waals surface area contributed by atoms with Gasteiger partial charge in [0.15, 0.2) is 0 Å². The van der Waals surface area contributed by atoms with Gasteiger partial charge in [-0.25, -0.2) is 8.42 Å². The molecule has 0 saturated carbocycles. The van der Waals surface area contributed by atoms with Crippen molar-refractivity contribution in [3.05, 3.63) is 46.7 Å². The molecule has 0 unspecified atom stereocenters. The Labute approximate surface area is 151 Å². The zero-order valence-corrected chi connectivity index (χ0v) is 15.6. The Hall–Kier alpha value is -1.90. The first kappa shape index (κ1) is 17.9. The molecule has 1 amide bonds. The van der Waals surface area contributed by atoms with E-state index in [9.17, 15) is 13.2 Å². The standard InChI is InChI=1S/C17H20N2O4S2/c1-2-23-14-5-7-15(8-6-14)25(21,22)19-11-9-18(10-12-19)17(20)16-4-3-13-24-16/h3-8,13H,2,9-12H2,1H3. The first-order valence-electron chi connectivity index (χ1n) is 8.08. The Morgan fingerprint density at radius 3 is 2.36 bits per heavy atom. The number of carbonyl (C=O) groups is 1. The molecule has 3 rings (SSSR count). The van der Waals surface area contributed by atoms with Crippen LogP contribution < -0.4 is 4.74 Å². The fraction of sp³-hybridized carbons (Fsp3) is 0.353. The van der Waals surface area contributed by atoms with E-state index in [0.29, 0.717) is 43.4 Å². The molecule has 0 atom stereocenters. The van der Waals surface area contributed by atoms with E-state index in [1.807, 2.05) is 18.4 Å². The van der Waals surface area contributed by atoms with Gasteiger partial charge in [-0.05, 0) is 42.6 Å². The third-order valence-electron chi connectivity index (χ3n) is 4.03. The monoisotopic (exact) mass is 380 g/mol. The van der Waals surface area contributed by atoms with Crippen molar-refractivity contribution >= 4 is 27.3 Å². The molecular formula is C17H20N2O4S2. The summed E-state index contributed by atoms with van der Waals surface area (Å²) in [6.45, 7) is 3.80. The van der Waals surface area contributed by atoms with Gasteiger partial charge < -0.3 is 9.64 Å². The number of carbonyl (C=O) groups excluding carboxylic acids is 1. The van der Waals surface area contributed by atoms with Crippen LogP contribution in [0.25, 0.3) is 0 Å². The summed E-state index contributed by atoms with van der Waals surface area (Å²) in [5.74, 6) is 0.612. The van der Waals surface area contributed by atoms with Gasteiger partial charge in [-0.1, -0.05) is 6.07 Å². The summed E-state index contributed by atoms with van der Waals surface area (Å²) in [6.07, 6.45) is 0. The van der Waals surface area contributed by atoms with Crippen LogP contribution in [-0.2, 0) is 10.0 Å². The van der Waals surface area contributed by atoms with Gasteiger partial charge in [0, 0.05) is 26.2 Å². The van der Waals surface area contributed by atoms with E-state index >= 15 is 0 Å². The zero-order valence-electron chi connectivity index (χ0n) is 13.9. The molecule has 1 aromatic heterocycles. The number of rotatable bonds is 5. The van der Waals surface area contributed by atoms with E-state index in [0.717, 1.165) is 0 Å². The summed E-state index contributed by atoms with van der Waals surface area (Å²) in [5, 5.41) is 1.86. The van der Waals surface area contributed by atoms with Crippen LogP contribution in [0.1, 0.15) is 16.6 Å². The van der Waals surface area contributed by atoms with Crippen LogP contribution in [0.15, 0.2) is 46.7 Å². The Morgan fingerprint density at radius 1 is 1.12 bits per heavy atom. The third kappa shape index (κ3) is 3.86. The molecule has 134 valence electrons. The Morgan fingerprint density at radius 2 is 1.80 bits per heavy atom. The maximum Gasteiger partial charge on any atom is 0.264 e. The van der Waals surface area contributed by atoms with Gasteiger partial charge in [0.2, 0.25) is 10.0 Å². The minimum atomic E-state index is -3.55. The van der Waals surface area contributed by atoms with Gasteiger partial charge in [0.1, 0.15) is 5.75 Å². The first-order valence-corrected chi connectivity index (χ1v) is 10.4. The average molecular weight is 380 g/mol. The molecule has 1 aliphatic rings. The van der Waals surface area contributed by atoms with E-state index in [1.54, 1.807) is 35.2 Å². The number of thiophene rings is 1. The first-order chi connectivity index (χ1) is 12.0. The minimum absolute atomic E-state index is 0.0342. The normalized spacial score (nSPS) is 16.0. The highest BCUT2D eigenvalue weighted by Crippen LogP contribution is 2.22. The molecule has 0 bridgehead atoms. The summed E-state index contributed by atoms with van der Waals surface area (Å²) in [4.78, 5) is 15.0. The second kappa shape index (κ2) is 7.55.